The second-order valence-corrected chi connectivity index (χ2v) is 8.93. The summed E-state index contributed by atoms with van der Waals surface area (Å²) < 4.78 is 22.1. The summed E-state index contributed by atoms with van der Waals surface area (Å²) in [7, 11) is 3.07. The molecule has 1 atom stereocenters. The molecule has 1 heterocycles. The first-order valence-corrected chi connectivity index (χ1v) is 12.4. The van der Waals surface area contributed by atoms with Crippen LogP contribution in [0.2, 0.25) is 0 Å². The first-order chi connectivity index (χ1) is 17.4. The monoisotopic (exact) mass is 497 g/mol. The van der Waals surface area contributed by atoms with Crippen molar-refractivity contribution in [3.05, 3.63) is 47.5 Å². The Balaban J connectivity index is 1.74. The lowest BCUT2D eigenvalue weighted by molar-refractivity contribution is -0.119. The van der Waals surface area contributed by atoms with Crippen molar-refractivity contribution in [2.24, 2.45) is 0 Å². The second kappa shape index (κ2) is 13.5. The zero-order valence-corrected chi connectivity index (χ0v) is 21.3. The number of amides is 1. The number of methoxy groups -OCH3 is 2. The number of carbonyl (C=O) groups excluding carboxylic acids is 3. The summed E-state index contributed by atoms with van der Waals surface area (Å²) in [5.41, 5.74) is 1.74. The maximum Gasteiger partial charge on any atom is 0.342 e. The van der Waals surface area contributed by atoms with Crippen LogP contribution in [0.1, 0.15) is 67.8 Å². The largest absolute Gasteiger partial charge is 0.497 e. The van der Waals surface area contributed by atoms with E-state index >= 15 is 0 Å². The number of rotatable bonds is 6. The summed E-state index contributed by atoms with van der Waals surface area (Å²) in [6.07, 6.45) is 5.20. The van der Waals surface area contributed by atoms with E-state index in [1.807, 2.05) is 6.92 Å². The van der Waals surface area contributed by atoms with Gasteiger partial charge in [0.25, 0.3) is 5.91 Å². The number of Topliss-reactive ketones (excluding diaryl/α,β-unsaturated/α-hetero) is 1. The highest BCUT2D eigenvalue weighted by atomic mass is 16.5. The molecule has 8 heteroatoms. The summed E-state index contributed by atoms with van der Waals surface area (Å²) >= 11 is 0. The molecular formula is C28H35NO7. The summed E-state index contributed by atoms with van der Waals surface area (Å²) in [4.78, 5) is 37.5. The minimum atomic E-state index is -0.457. The minimum Gasteiger partial charge on any atom is -0.497 e. The van der Waals surface area contributed by atoms with Crippen molar-refractivity contribution >= 4 is 23.3 Å². The molecule has 0 aromatic heterocycles. The van der Waals surface area contributed by atoms with Gasteiger partial charge < -0.3 is 24.3 Å². The van der Waals surface area contributed by atoms with E-state index in [2.05, 4.69) is 5.32 Å². The smallest absolute Gasteiger partial charge is 0.342 e. The van der Waals surface area contributed by atoms with Crippen LogP contribution < -0.4 is 19.5 Å². The number of hydrogen-bond acceptors (Lipinski definition) is 7. The highest BCUT2D eigenvalue weighted by Gasteiger charge is 2.23. The van der Waals surface area contributed by atoms with E-state index in [1.165, 1.54) is 7.11 Å². The highest BCUT2D eigenvalue weighted by Crippen LogP contribution is 2.32. The van der Waals surface area contributed by atoms with Crippen LogP contribution in [0.5, 0.6) is 17.2 Å². The maximum absolute atomic E-state index is 13.1. The molecular weight excluding hydrogens is 462 g/mol. The van der Waals surface area contributed by atoms with Crippen molar-refractivity contribution in [1.82, 2.24) is 0 Å². The fraction of sp³-hybridized carbons (Fsp3) is 0.464. The van der Waals surface area contributed by atoms with Crippen LogP contribution in [0, 0.1) is 0 Å². The van der Waals surface area contributed by atoms with Gasteiger partial charge in [0.05, 0.1) is 20.3 Å². The van der Waals surface area contributed by atoms with Gasteiger partial charge in [0.1, 0.15) is 28.6 Å². The Morgan fingerprint density at radius 3 is 2.39 bits per heavy atom. The first-order valence-electron chi connectivity index (χ1n) is 12.4. The van der Waals surface area contributed by atoms with Crippen LogP contribution in [0.15, 0.2) is 36.4 Å². The number of esters is 1. The normalized spacial score (nSPS) is 17.2. The van der Waals surface area contributed by atoms with Gasteiger partial charge in [0, 0.05) is 24.6 Å². The number of carbonyl (C=O) groups is 3. The van der Waals surface area contributed by atoms with Crippen molar-refractivity contribution in [2.45, 2.75) is 64.4 Å². The average Bonchev–Trinajstić information content (AvgIpc) is 2.86. The molecule has 0 bridgehead atoms. The van der Waals surface area contributed by atoms with Crippen molar-refractivity contribution in [3.63, 3.8) is 0 Å². The predicted molar refractivity (Wildman–Crippen MR) is 136 cm³/mol. The van der Waals surface area contributed by atoms with Crippen LogP contribution in [0.25, 0.3) is 0 Å². The van der Waals surface area contributed by atoms with Gasteiger partial charge in [-0.25, -0.2) is 4.79 Å². The van der Waals surface area contributed by atoms with Crippen molar-refractivity contribution in [1.29, 1.82) is 0 Å². The molecule has 0 aliphatic carbocycles. The third-order valence-corrected chi connectivity index (χ3v) is 6.10. The van der Waals surface area contributed by atoms with Crippen LogP contribution >= 0.6 is 0 Å². The van der Waals surface area contributed by atoms with E-state index in [0.717, 1.165) is 24.8 Å². The number of cyclic esters (lactones) is 1. The fourth-order valence-corrected chi connectivity index (χ4v) is 4.17. The predicted octanol–water partition coefficient (Wildman–Crippen LogP) is 5.12. The van der Waals surface area contributed by atoms with Gasteiger partial charge in [-0.1, -0.05) is 6.42 Å². The van der Waals surface area contributed by atoms with Gasteiger partial charge in [0.2, 0.25) is 0 Å². The number of aryl methyl sites for hydroxylation is 1. The molecule has 0 saturated heterocycles. The molecule has 1 amide bonds. The van der Waals surface area contributed by atoms with E-state index < -0.39 is 5.97 Å². The molecule has 0 saturated carbocycles. The highest BCUT2D eigenvalue weighted by molar-refractivity contribution is 5.95. The number of benzene rings is 2. The Morgan fingerprint density at radius 2 is 1.67 bits per heavy atom. The molecule has 2 aromatic carbocycles. The van der Waals surface area contributed by atoms with Gasteiger partial charge in [-0.2, -0.15) is 0 Å². The van der Waals surface area contributed by atoms with E-state index in [4.69, 9.17) is 18.9 Å². The molecule has 8 nitrogen and oxygen atoms in total. The Kier molecular flexibility index (Phi) is 10.2. The quantitative estimate of drug-likeness (QED) is 0.553. The van der Waals surface area contributed by atoms with Gasteiger partial charge in [-0.3, -0.25) is 9.59 Å². The summed E-state index contributed by atoms with van der Waals surface area (Å²) in [5, 5.41) is 2.77. The third-order valence-electron chi connectivity index (χ3n) is 6.10. The Labute approximate surface area is 212 Å². The van der Waals surface area contributed by atoms with E-state index in [1.54, 1.807) is 43.5 Å². The number of fused-ring (bicyclic) bond motifs is 1. The Morgan fingerprint density at radius 1 is 0.944 bits per heavy atom. The molecule has 3 rings (SSSR count). The minimum absolute atomic E-state index is 0.211. The number of ether oxygens (including phenoxy) is 4. The second-order valence-electron chi connectivity index (χ2n) is 8.93. The molecule has 2 aromatic rings. The summed E-state index contributed by atoms with van der Waals surface area (Å²) in [5.74, 6) is 0.945. The summed E-state index contributed by atoms with van der Waals surface area (Å²) in [6, 6.07) is 10.4. The number of ketones is 1. The van der Waals surface area contributed by atoms with Gasteiger partial charge in [0.15, 0.2) is 6.61 Å². The maximum atomic E-state index is 13.1. The SMILES string of the molecule is COc1ccc(NC(=O)COc2cc3c(c(OC)c2)C(=O)OC(C)CCCC(=O)CCCCC3)cc1. The summed E-state index contributed by atoms with van der Waals surface area (Å²) in [6.45, 7) is 1.62. The van der Waals surface area contributed by atoms with Gasteiger partial charge >= 0.3 is 5.97 Å². The van der Waals surface area contributed by atoms with Crippen LogP contribution in [-0.4, -0.2) is 44.6 Å². The lowest BCUT2D eigenvalue weighted by Gasteiger charge is -2.19. The topological polar surface area (TPSA) is 100 Å². The zero-order chi connectivity index (χ0) is 25.9. The molecule has 1 N–H and O–H groups in total. The Hall–Kier alpha value is -3.55. The molecule has 0 fully saturated rings. The Bertz CT molecular complexity index is 1050. The average molecular weight is 498 g/mol. The molecule has 0 spiro atoms. The third kappa shape index (κ3) is 8.00. The molecule has 1 unspecified atom stereocenters. The lowest BCUT2D eigenvalue weighted by Crippen LogP contribution is -2.21. The van der Waals surface area contributed by atoms with Crippen molar-refractivity contribution in [2.75, 3.05) is 26.1 Å². The van der Waals surface area contributed by atoms with Crippen LogP contribution in [0.4, 0.5) is 5.69 Å². The zero-order valence-electron chi connectivity index (χ0n) is 21.3. The fourth-order valence-electron chi connectivity index (χ4n) is 4.17. The van der Waals surface area contributed by atoms with E-state index in [-0.39, 0.29) is 24.4 Å². The van der Waals surface area contributed by atoms with Gasteiger partial charge in [-0.05, 0) is 74.9 Å². The first kappa shape index (κ1) is 27.0. The lowest BCUT2D eigenvalue weighted by atomic mass is 9.98. The molecule has 1 aliphatic heterocycles. The molecule has 194 valence electrons. The number of hydrogen-bond donors (Lipinski definition) is 1. The van der Waals surface area contributed by atoms with Crippen LogP contribution in [0.3, 0.4) is 0 Å². The number of anilines is 1. The molecule has 0 radical (unpaired) electrons. The van der Waals surface area contributed by atoms with E-state index in [9.17, 15) is 14.4 Å². The number of nitrogens with one attached hydrogen (secondary N) is 1. The molecule has 36 heavy (non-hydrogen) atoms. The van der Waals surface area contributed by atoms with Crippen LogP contribution in [-0.2, 0) is 20.7 Å². The standard InChI is InChI=1S/C28H35NO7/c1-19-8-7-11-22(30)10-6-4-5-9-20-16-24(17-25(34-3)27(20)28(32)36-19)35-18-26(31)29-21-12-14-23(33-2)15-13-21/h12-17,19H,4-11,18H2,1-3H3,(H,29,31). The van der Waals surface area contributed by atoms with Crippen molar-refractivity contribution in [3.8, 4) is 17.2 Å². The van der Waals surface area contributed by atoms with Crippen molar-refractivity contribution < 1.29 is 33.3 Å². The molecule has 1 aliphatic rings. The van der Waals surface area contributed by atoms with E-state index in [0.29, 0.717) is 60.6 Å². The van der Waals surface area contributed by atoms with Gasteiger partial charge in [-0.15, -0.1) is 0 Å².